The summed E-state index contributed by atoms with van der Waals surface area (Å²) in [6, 6.07) is 0. The summed E-state index contributed by atoms with van der Waals surface area (Å²) in [6.07, 6.45) is 11.3. The summed E-state index contributed by atoms with van der Waals surface area (Å²) in [4.78, 5) is 0. The Hall–Kier alpha value is -1.05. The highest BCUT2D eigenvalue weighted by molar-refractivity contribution is 5.12. The standard InChI is InChI=1S/C24H40N4O3/c1-22(30)10-11-24(14-31-3)16(12-22)4-5-17-18-6-7-20(23(18,2)9-8-19(17)24)21(29)13-28-15-25-26-27-28/h15-21,29-30H,4-14H2,1-3H3/t16-,17-,18-,19-,20+,21?,22+,23?,24?/m0/s1. The molecule has 7 nitrogen and oxygen atoms in total. The first-order valence-corrected chi connectivity index (χ1v) is 12.4. The van der Waals surface area contributed by atoms with Crippen molar-refractivity contribution in [3.8, 4) is 0 Å². The third-order valence-electron chi connectivity index (χ3n) is 10.4. The van der Waals surface area contributed by atoms with Crippen LogP contribution in [-0.2, 0) is 11.3 Å². The lowest BCUT2D eigenvalue weighted by Crippen LogP contribution is -2.58. The van der Waals surface area contributed by atoms with Gasteiger partial charge in [-0.3, -0.25) is 0 Å². The van der Waals surface area contributed by atoms with E-state index < -0.39 is 11.7 Å². The number of nitrogens with zero attached hydrogens (tertiary/aromatic N) is 4. The number of aromatic nitrogens is 4. The van der Waals surface area contributed by atoms with Crippen molar-refractivity contribution in [2.24, 2.45) is 40.4 Å². The quantitative estimate of drug-likeness (QED) is 0.743. The van der Waals surface area contributed by atoms with E-state index in [1.165, 1.54) is 32.1 Å². The van der Waals surface area contributed by atoms with E-state index in [-0.39, 0.29) is 10.8 Å². The topological polar surface area (TPSA) is 93.3 Å². The van der Waals surface area contributed by atoms with Gasteiger partial charge >= 0.3 is 0 Å². The highest BCUT2D eigenvalue weighted by atomic mass is 16.5. The second-order valence-corrected chi connectivity index (χ2v) is 11.8. The molecule has 9 atom stereocenters. The van der Waals surface area contributed by atoms with Gasteiger partial charge < -0.3 is 14.9 Å². The molecule has 3 unspecified atom stereocenters. The summed E-state index contributed by atoms with van der Waals surface area (Å²) >= 11 is 0. The number of aliphatic hydroxyl groups is 2. The van der Waals surface area contributed by atoms with Gasteiger partial charge in [0.25, 0.3) is 0 Å². The van der Waals surface area contributed by atoms with Gasteiger partial charge in [-0.25, -0.2) is 4.68 Å². The van der Waals surface area contributed by atoms with Crippen molar-refractivity contribution >= 4 is 0 Å². The average Bonchev–Trinajstić information content (AvgIpc) is 3.35. The van der Waals surface area contributed by atoms with Crippen molar-refractivity contribution in [1.82, 2.24) is 20.2 Å². The van der Waals surface area contributed by atoms with E-state index in [0.29, 0.717) is 30.2 Å². The van der Waals surface area contributed by atoms with Crippen molar-refractivity contribution in [2.75, 3.05) is 13.7 Å². The van der Waals surface area contributed by atoms with E-state index in [1.807, 2.05) is 14.0 Å². The van der Waals surface area contributed by atoms with Gasteiger partial charge in [-0.15, -0.1) is 5.10 Å². The molecular formula is C24H40N4O3. The zero-order valence-electron chi connectivity index (χ0n) is 19.4. The molecule has 0 amide bonds. The number of methoxy groups -OCH3 is 1. The highest BCUT2D eigenvalue weighted by Gasteiger charge is 2.63. The van der Waals surface area contributed by atoms with Crippen LogP contribution in [-0.4, -0.2) is 55.8 Å². The van der Waals surface area contributed by atoms with Gasteiger partial charge in [-0.2, -0.15) is 0 Å². The molecule has 1 heterocycles. The Bertz CT molecular complexity index is 771. The first-order valence-electron chi connectivity index (χ1n) is 12.4. The Morgan fingerprint density at radius 2 is 1.94 bits per heavy atom. The maximum absolute atomic E-state index is 11.1. The maximum atomic E-state index is 11.1. The van der Waals surface area contributed by atoms with Crippen LogP contribution in [0.3, 0.4) is 0 Å². The molecule has 0 aliphatic heterocycles. The van der Waals surface area contributed by atoms with Crippen LogP contribution in [0.2, 0.25) is 0 Å². The fraction of sp³-hybridized carbons (Fsp3) is 0.958. The third kappa shape index (κ3) is 3.46. The van der Waals surface area contributed by atoms with Gasteiger partial charge in [0.1, 0.15) is 6.33 Å². The highest BCUT2D eigenvalue weighted by Crippen LogP contribution is 2.68. The fourth-order valence-electron chi connectivity index (χ4n) is 9.04. The zero-order valence-corrected chi connectivity index (χ0v) is 19.4. The summed E-state index contributed by atoms with van der Waals surface area (Å²) in [5, 5.41) is 33.3. The Kier molecular flexibility index (Phi) is 5.46. The largest absolute Gasteiger partial charge is 0.391 e. The van der Waals surface area contributed by atoms with Crippen molar-refractivity contribution in [3.05, 3.63) is 6.33 Å². The summed E-state index contributed by atoms with van der Waals surface area (Å²) in [6.45, 7) is 5.80. The van der Waals surface area contributed by atoms with Gasteiger partial charge in [0.2, 0.25) is 0 Å². The molecule has 0 aromatic carbocycles. The van der Waals surface area contributed by atoms with Crippen molar-refractivity contribution in [2.45, 2.75) is 89.9 Å². The van der Waals surface area contributed by atoms with Crippen molar-refractivity contribution in [3.63, 3.8) is 0 Å². The van der Waals surface area contributed by atoms with E-state index in [2.05, 4.69) is 22.4 Å². The monoisotopic (exact) mass is 432 g/mol. The van der Waals surface area contributed by atoms with E-state index in [1.54, 1.807) is 11.0 Å². The molecule has 4 saturated carbocycles. The van der Waals surface area contributed by atoms with E-state index >= 15 is 0 Å². The van der Waals surface area contributed by atoms with Crippen LogP contribution < -0.4 is 0 Å². The van der Waals surface area contributed by atoms with Crippen LogP contribution >= 0.6 is 0 Å². The molecule has 7 heteroatoms. The maximum Gasteiger partial charge on any atom is 0.138 e. The Balaban J connectivity index is 1.38. The van der Waals surface area contributed by atoms with Crippen LogP contribution in [0.25, 0.3) is 0 Å². The zero-order chi connectivity index (χ0) is 21.9. The normalized spacial score (nSPS) is 48.0. The van der Waals surface area contributed by atoms with Crippen LogP contribution in [0.4, 0.5) is 0 Å². The molecule has 31 heavy (non-hydrogen) atoms. The van der Waals surface area contributed by atoms with Gasteiger partial charge in [-0.1, -0.05) is 6.92 Å². The lowest BCUT2D eigenvalue weighted by atomic mass is 9.43. The molecule has 1 aromatic heterocycles. The van der Waals surface area contributed by atoms with Gasteiger partial charge in [0.15, 0.2) is 0 Å². The SMILES string of the molecule is COCC12CC[C@@](C)(O)C[C@@H]1CC[C@H]1[C@@H]3CC[C@H](C(O)Cn4cnnn4)C3(C)CC[C@@H]12. The Labute approximate surface area is 185 Å². The molecule has 174 valence electrons. The van der Waals surface area contributed by atoms with Crippen LogP contribution in [0, 0.1) is 40.4 Å². The third-order valence-corrected chi connectivity index (χ3v) is 10.4. The number of ether oxygens (including phenoxy) is 1. The number of hydrogen-bond acceptors (Lipinski definition) is 6. The van der Waals surface area contributed by atoms with E-state index in [4.69, 9.17) is 4.74 Å². The van der Waals surface area contributed by atoms with Gasteiger partial charge in [0, 0.05) is 7.11 Å². The number of fused-ring (bicyclic) bond motifs is 5. The molecule has 4 aliphatic rings. The summed E-state index contributed by atoms with van der Waals surface area (Å²) < 4.78 is 7.54. The van der Waals surface area contributed by atoms with E-state index in [9.17, 15) is 10.2 Å². The lowest BCUT2D eigenvalue weighted by Gasteiger charge is -2.62. The van der Waals surface area contributed by atoms with E-state index in [0.717, 1.165) is 38.2 Å². The molecule has 0 spiro atoms. The minimum atomic E-state index is -0.517. The molecular weight excluding hydrogens is 392 g/mol. The Morgan fingerprint density at radius 1 is 1.10 bits per heavy atom. The number of hydrogen-bond donors (Lipinski definition) is 2. The molecule has 4 aliphatic carbocycles. The molecule has 4 fully saturated rings. The number of tetrazole rings is 1. The van der Waals surface area contributed by atoms with Gasteiger partial charge in [0.05, 0.1) is 24.9 Å². The van der Waals surface area contributed by atoms with Crippen LogP contribution in [0.1, 0.15) is 71.6 Å². The smallest absolute Gasteiger partial charge is 0.138 e. The predicted molar refractivity (Wildman–Crippen MR) is 116 cm³/mol. The summed E-state index contributed by atoms with van der Waals surface area (Å²) in [5.41, 5.74) is -0.100. The predicted octanol–water partition coefficient (Wildman–Crippen LogP) is 3.07. The first-order chi connectivity index (χ1) is 14.8. The second kappa shape index (κ2) is 7.77. The average molecular weight is 433 g/mol. The molecule has 0 saturated heterocycles. The molecule has 1 aromatic rings. The fourth-order valence-corrected chi connectivity index (χ4v) is 9.04. The second-order valence-electron chi connectivity index (χ2n) is 11.8. The lowest BCUT2D eigenvalue weighted by molar-refractivity contribution is -0.177. The summed E-state index contributed by atoms with van der Waals surface area (Å²) in [5.74, 6) is 2.97. The number of rotatable bonds is 5. The summed E-state index contributed by atoms with van der Waals surface area (Å²) in [7, 11) is 1.86. The van der Waals surface area contributed by atoms with Gasteiger partial charge in [-0.05, 0) is 116 Å². The van der Waals surface area contributed by atoms with Crippen LogP contribution in [0.15, 0.2) is 6.33 Å². The van der Waals surface area contributed by atoms with Crippen LogP contribution in [0.5, 0.6) is 0 Å². The molecule has 0 bridgehead atoms. The van der Waals surface area contributed by atoms with Crippen molar-refractivity contribution < 1.29 is 14.9 Å². The molecule has 0 radical (unpaired) electrons. The minimum Gasteiger partial charge on any atom is -0.391 e. The minimum absolute atomic E-state index is 0.190. The Morgan fingerprint density at radius 3 is 2.68 bits per heavy atom. The number of aliphatic hydroxyl groups excluding tert-OH is 1. The van der Waals surface area contributed by atoms with Crippen molar-refractivity contribution in [1.29, 1.82) is 0 Å². The molecule has 2 N–H and O–H groups in total. The first kappa shape index (κ1) is 21.8. The molecule has 5 rings (SSSR count).